The summed E-state index contributed by atoms with van der Waals surface area (Å²) in [5, 5.41) is 0. The third kappa shape index (κ3) is 2.40. The summed E-state index contributed by atoms with van der Waals surface area (Å²) in [7, 11) is 0. The van der Waals surface area contributed by atoms with Crippen LogP contribution in [0.1, 0.15) is 0 Å². The predicted molar refractivity (Wildman–Crippen MR) is 86.0 cm³/mol. The number of nitrogens with two attached hydrogens (primary N) is 1. The molecule has 0 aliphatic heterocycles. The topological polar surface area (TPSA) is 69.1 Å². The van der Waals surface area contributed by atoms with E-state index in [9.17, 15) is 4.39 Å². The Labute approximate surface area is 131 Å². The molecule has 0 bridgehead atoms. The summed E-state index contributed by atoms with van der Waals surface area (Å²) in [6, 6.07) is 10.1. The molecule has 6 heteroatoms. The standard InChI is InChI=1S/C17H12FN5/c18-14-5-4-12(19)7-13(14)16-10-23-9-11(8-21-17(23)22-16)15-3-1-2-6-20-15/h1-10H,19H2. The molecule has 4 rings (SSSR count). The maximum atomic E-state index is 14.0. The van der Waals surface area contributed by atoms with E-state index in [1.54, 1.807) is 29.1 Å². The number of imidazole rings is 1. The van der Waals surface area contributed by atoms with E-state index in [1.807, 2.05) is 24.4 Å². The molecule has 4 aromatic rings. The second-order valence-corrected chi connectivity index (χ2v) is 5.13. The average molecular weight is 305 g/mol. The van der Waals surface area contributed by atoms with E-state index < -0.39 is 0 Å². The summed E-state index contributed by atoms with van der Waals surface area (Å²) >= 11 is 0. The number of halogens is 1. The predicted octanol–water partition coefficient (Wildman–Crippen LogP) is 3.18. The molecule has 0 amide bonds. The van der Waals surface area contributed by atoms with E-state index in [1.165, 1.54) is 12.1 Å². The van der Waals surface area contributed by atoms with Crippen LogP contribution in [-0.4, -0.2) is 19.4 Å². The monoisotopic (exact) mass is 305 g/mol. The summed E-state index contributed by atoms with van der Waals surface area (Å²) in [6.45, 7) is 0. The Morgan fingerprint density at radius 3 is 2.74 bits per heavy atom. The molecule has 0 aliphatic rings. The number of hydrogen-bond acceptors (Lipinski definition) is 4. The van der Waals surface area contributed by atoms with E-state index >= 15 is 0 Å². The summed E-state index contributed by atoms with van der Waals surface area (Å²) < 4.78 is 15.7. The maximum Gasteiger partial charge on any atom is 0.234 e. The van der Waals surface area contributed by atoms with Crippen molar-refractivity contribution >= 4 is 11.5 Å². The van der Waals surface area contributed by atoms with Gasteiger partial charge in [0.05, 0.1) is 11.4 Å². The minimum Gasteiger partial charge on any atom is -0.399 e. The first-order valence-electron chi connectivity index (χ1n) is 7.02. The van der Waals surface area contributed by atoms with Crippen molar-refractivity contribution in [3.8, 4) is 22.5 Å². The van der Waals surface area contributed by atoms with Gasteiger partial charge in [0.2, 0.25) is 5.78 Å². The van der Waals surface area contributed by atoms with Gasteiger partial charge in [0, 0.05) is 41.6 Å². The van der Waals surface area contributed by atoms with Crippen LogP contribution in [0.2, 0.25) is 0 Å². The SMILES string of the molecule is Nc1ccc(F)c(-c2cn3cc(-c4ccccn4)cnc3n2)c1. The van der Waals surface area contributed by atoms with Crippen molar-refractivity contribution in [3.63, 3.8) is 0 Å². The molecule has 0 fully saturated rings. The number of nitrogens with zero attached hydrogens (tertiary/aromatic N) is 4. The van der Waals surface area contributed by atoms with Crippen LogP contribution in [0.5, 0.6) is 0 Å². The number of pyridine rings is 1. The summed E-state index contributed by atoms with van der Waals surface area (Å²) in [4.78, 5) is 13.0. The van der Waals surface area contributed by atoms with E-state index in [2.05, 4.69) is 15.0 Å². The molecule has 3 heterocycles. The summed E-state index contributed by atoms with van der Waals surface area (Å²) in [6.07, 6.45) is 7.02. The molecule has 0 saturated carbocycles. The van der Waals surface area contributed by atoms with Crippen molar-refractivity contribution in [3.05, 3.63) is 67.0 Å². The smallest absolute Gasteiger partial charge is 0.234 e. The van der Waals surface area contributed by atoms with Gasteiger partial charge >= 0.3 is 0 Å². The van der Waals surface area contributed by atoms with Crippen molar-refractivity contribution in [1.82, 2.24) is 19.4 Å². The molecule has 0 atom stereocenters. The van der Waals surface area contributed by atoms with Crippen LogP contribution >= 0.6 is 0 Å². The van der Waals surface area contributed by atoms with E-state index in [0.717, 1.165) is 11.3 Å². The zero-order chi connectivity index (χ0) is 15.8. The molecule has 0 aliphatic carbocycles. The Kier molecular flexibility index (Phi) is 3.01. The van der Waals surface area contributed by atoms with Crippen molar-refractivity contribution in [2.75, 3.05) is 5.73 Å². The first kappa shape index (κ1) is 13.4. The van der Waals surface area contributed by atoms with Crippen LogP contribution in [0.15, 0.2) is 61.2 Å². The van der Waals surface area contributed by atoms with Crippen molar-refractivity contribution < 1.29 is 4.39 Å². The lowest BCUT2D eigenvalue weighted by Gasteiger charge is -2.00. The highest BCUT2D eigenvalue weighted by molar-refractivity contribution is 5.67. The van der Waals surface area contributed by atoms with E-state index in [4.69, 9.17) is 5.73 Å². The highest BCUT2D eigenvalue weighted by Crippen LogP contribution is 2.25. The molecule has 112 valence electrons. The summed E-state index contributed by atoms with van der Waals surface area (Å²) in [5.74, 6) is 0.120. The number of fused-ring (bicyclic) bond motifs is 1. The highest BCUT2D eigenvalue weighted by Gasteiger charge is 2.11. The number of hydrogen-bond donors (Lipinski definition) is 1. The van der Waals surface area contributed by atoms with Crippen LogP contribution in [0.4, 0.5) is 10.1 Å². The van der Waals surface area contributed by atoms with Gasteiger partial charge < -0.3 is 5.73 Å². The van der Waals surface area contributed by atoms with Crippen molar-refractivity contribution in [2.45, 2.75) is 0 Å². The summed E-state index contributed by atoms with van der Waals surface area (Å²) in [5.41, 5.74) is 8.73. The molecule has 3 aromatic heterocycles. The van der Waals surface area contributed by atoms with Crippen LogP contribution in [-0.2, 0) is 0 Å². The lowest BCUT2D eigenvalue weighted by atomic mass is 10.1. The van der Waals surface area contributed by atoms with Crippen LogP contribution in [0.3, 0.4) is 0 Å². The largest absolute Gasteiger partial charge is 0.399 e. The number of rotatable bonds is 2. The molecule has 0 unspecified atom stereocenters. The fourth-order valence-corrected chi connectivity index (χ4v) is 2.42. The number of aromatic nitrogens is 4. The van der Waals surface area contributed by atoms with Gasteiger partial charge in [-0.25, -0.2) is 14.4 Å². The lowest BCUT2D eigenvalue weighted by molar-refractivity contribution is 0.631. The van der Waals surface area contributed by atoms with Gasteiger partial charge in [-0.1, -0.05) is 6.07 Å². The Morgan fingerprint density at radius 1 is 1.00 bits per heavy atom. The van der Waals surface area contributed by atoms with Gasteiger partial charge in [-0.2, -0.15) is 0 Å². The molecule has 5 nitrogen and oxygen atoms in total. The molecule has 1 aromatic carbocycles. The number of nitrogen functional groups attached to an aromatic ring is 1. The first-order chi connectivity index (χ1) is 11.2. The highest BCUT2D eigenvalue weighted by atomic mass is 19.1. The second-order valence-electron chi connectivity index (χ2n) is 5.13. The number of anilines is 1. The fraction of sp³-hybridized carbons (Fsp3) is 0. The Bertz CT molecular complexity index is 994. The van der Waals surface area contributed by atoms with Gasteiger partial charge in [-0.05, 0) is 30.3 Å². The normalized spacial score (nSPS) is 11.0. The quantitative estimate of drug-likeness (QED) is 0.577. The molecule has 2 N–H and O–H groups in total. The van der Waals surface area contributed by atoms with Crippen LogP contribution in [0.25, 0.3) is 28.3 Å². The average Bonchev–Trinajstić information content (AvgIpc) is 3.00. The molecule has 0 spiro atoms. The number of benzene rings is 1. The third-order valence-corrected chi connectivity index (χ3v) is 3.54. The van der Waals surface area contributed by atoms with Gasteiger partial charge in [0.1, 0.15) is 5.82 Å². The zero-order valence-corrected chi connectivity index (χ0v) is 12.0. The Hall–Kier alpha value is -3.28. The maximum absolute atomic E-state index is 14.0. The van der Waals surface area contributed by atoms with Gasteiger partial charge in [0.15, 0.2) is 0 Å². The molecule has 23 heavy (non-hydrogen) atoms. The van der Waals surface area contributed by atoms with Gasteiger partial charge in [-0.3, -0.25) is 9.38 Å². The molecule has 0 saturated heterocycles. The van der Waals surface area contributed by atoms with Gasteiger partial charge in [-0.15, -0.1) is 0 Å². The lowest BCUT2D eigenvalue weighted by Crippen LogP contribution is -1.90. The van der Waals surface area contributed by atoms with Crippen molar-refractivity contribution in [2.24, 2.45) is 0 Å². The van der Waals surface area contributed by atoms with Crippen LogP contribution < -0.4 is 5.73 Å². The molecular weight excluding hydrogens is 293 g/mol. The zero-order valence-electron chi connectivity index (χ0n) is 12.0. The minimum absolute atomic E-state index is 0.356. The minimum atomic E-state index is -0.368. The fourth-order valence-electron chi connectivity index (χ4n) is 2.42. The third-order valence-electron chi connectivity index (χ3n) is 3.54. The molecule has 0 radical (unpaired) electrons. The van der Waals surface area contributed by atoms with E-state index in [0.29, 0.717) is 22.7 Å². The van der Waals surface area contributed by atoms with E-state index in [-0.39, 0.29) is 5.82 Å². The van der Waals surface area contributed by atoms with Crippen molar-refractivity contribution in [1.29, 1.82) is 0 Å². The first-order valence-corrected chi connectivity index (χ1v) is 7.02. The molecular formula is C17H12FN5. The Balaban J connectivity index is 1.84. The van der Waals surface area contributed by atoms with Gasteiger partial charge in [0.25, 0.3) is 0 Å². The second kappa shape index (κ2) is 5.17. The van der Waals surface area contributed by atoms with Crippen LogP contribution in [0, 0.1) is 5.82 Å². The Morgan fingerprint density at radius 2 is 1.91 bits per heavy atom.